The van der Waals surface area contributed by atoms with Gasteiger partial charge in [-0.05, 0) is 12.8 Å². The maximum Gasteiger partial charge on any atom is 0.490 e. The second kappa shape index (κ2) is 40.8. The van der Waals surface area contributed by atoms with Crippen molar-refractivity contribution in [3.05, 3.63) is 0 Å². The largest absolute Gasteiger partial charge is 0.490 e. The number of carbonyl (C=O) groups is 5. The van der Waals surface area contributed by atoms with Gasteiger partial charge in [0, 0.05) is 24.3 Å². The topological polar surface area (TPSA) is 203 Å². The number of unbranched alkanes of at least 4 members (excludes halogenated alkanes) is 24. The Balaban J connectivity index is 0. The first-order valence-electron chi connectivity index (χ1n) is 22.3. The minimum absolute atomic E-state index is 0.0678. The number of carbonyl (C=O) groups excluding carboxylic acids is 3. The highest BCUT2D eigenvalue weighted by Crippen LogP contribution is 2.17. The maximum atomic E-state index is 12.7. The van der Waals surface area contributed by atoms with Crippen molar-refractivity contribution in [1.29, 1.82) is 0 Å². The monoisotopic (exact) mass is 873 g/mol. The molecule has 0 heterocycles. The molecule has 59 heavy (non-hydrogen) atoms. The molecule has 1 amide bonds. The molecule has 0 aliphatic carbocycles. The van der Waals surface area contributed by atoms with Gasteiger partial charge >= 0.3 is 30.1 Å². The number of carboxylic acid groups (broad SMARTS) is 2. The van der Waals surface area contributed by atoms with Crippen LogP contribution in [0.4, 0.5) is 13.2 Å². The van der Waals surface area contributed by atoms with Crippen molar-refractivity contribution in [2.45, 2.75) is 218 Å². The molecule has 0 saturated carbocycles. The number of halogens is 3. The summed E-state index contributed by atoms with van der Waals surface area (Å²) in [5.41, 5.74) is 5.93. The number of hydrogen-bond donors (Lipinski definition) is 5. The third kappa shape index (κ3) is 40.6. The number of thioether (sulfide) groups is 1. The van der Waals surface area contributed by atoms with Gasteiger partial charge in [0.05, 0.1) is 12.6 Å². The second-order valence-electron chi connectivity index (χ2n) is 15.3. The van der Waals surface area contributed by atoms with Crippen molar-refractivity contribution in [3.63, 3.8) is 0 Å². The number of nitrogens with one attached hydrogen (secondary N) is 1. The molecule has 0 aromatic carbocycles. The van der Waals surface area contributed by atoms with E-state index in [2.05, 4.69) is 19.2 Å². The lowest BCUT2D eigenvalue weighted by molar-refractivity contribution is -0.192. The van der Waals surface area contributed by atoms with Crippen LogP contribution in [0.15, 0.2) is 0 Å². The Kier molecular flexibility index (Phi) is 40.5. The van der Waals surface area contributed by atoms with Gasteiger partial charge < -0.3 is 35.8 Å². The molecule has 0 bridgehead atoms. The molecule has 6 N–H and O–H groups in total. The van der Waals surface area contributed by atoms with Gasteiger partial charge in [-0.1, -0.05) is 168 Å². The van der Waals surface area contributed by atoms with Crippen LogP contribution < -0.4 is 11.1 Å². The highest BCUT2D eigenvalue weighted by Gasteiger charge is 2.38. The number of rotatable bonds is 39. The van der Waals surface area contributed by atoms with Gasteiger partial charge in [0.25, 0.3) is 0 Å². The SMILES string of the molecule is CCCCCCCCCCCCCCCC(=O)OC[C@H](CSC[C@H](N)C(=O)N[C@@H](CO)C(=O)O)OC(=O)CCCCCCCCCCCCCCC.O=C(O)C(F)(F)F. The van der Waals surface area contributed by atoms with Crippen LogP contribution in [0.1, 0.15) is 194 Å². The molecular formula is C43H79F3N2O10S. The highest BCUT2D eigenvalue weighted by atomic mass is 32.2. The molecule has 0 spiro atoms. The van der Waals surface area contributed by atoms with E-state index in [0.29, 0.717) is 12.8 Å². The molecule has 12 nitrogen and oxygen atoms in total. The van der Waals surface area contributed by atoms with E-state index in [-0.39, 0.29) is 30.1 Å². The molecule has 0 aromatic rings. The molecule has 0 radical (unpaired) electrons. The van der Waals surface area contributed by atoms with Crippen molar-refractivity contribution in [3.8, 4) is 0 Å². The molecule has 0 fully saturated rings. The van der Waals surface area contributed by atoms with E-state index in [0.717, 1.165) is 38.5 Å². The molecule has 0 unspecified atom stereocenters. The molecule has 348 valence electrons. The fraction of sp³-hybridized carbons (Fsp3) is 0.884. The summed E-state index contributed by atoms with van der Waals surface area (Å²) in [5.74, 6) is -5.07. The van der Waals surface area contributed by atoms with Gasteiger partial charge in [0.2, 0.25) is 5.91 Å². The molecule has 0 aliphatic heterocycles. The Morgan fingerprint density at radius 2 is 0.966 bits per heavy atom. The van der Waals surface area contributed by atoms with E-state index >= 15 is 0 Å². The van der Waals surface area contributed by atoms with Crippen molar-refractivity contribution >= 4 is 41.5 Å². The summed E-state index contributed by atoms with van der Waals surface area (Å²) in [4.78, 5) is 57.5. The summed E-state index contributed by atoms with van der Waals surface area (Å²) in [7, 11) is 0. The molecular weight excluding hydrogens is 794 g/mol. The number of ether oxygens (including phenoxy) is 2. The highest BCUT2D eigenvalue weighted by molar-refractivity contribution is 7.99. The van der Waals surface area contributed by atoms with Gasteiger partial charge in [-0.3, -0.25) is 14.4 Å². The standard InChI is InChI=1S/C41H78N2O8S.C2HF3O2/c1-3-5-7-9-11-13-15-17-19-21-23-25-27-29-38(45)50-32-35(33-52-34-36(42)40(47)43-37(31-44)41(48)49)51-39(46)30-28-26-24-22-20-18-16-14-12-10-8-6-4-2;3-2(4,5)1(6)7/h35-37,44H,3-34,42H2,1-2H3,(H,43,47)(H,48,49);(H,6,7)/t35-,36+,37+;/m1./s1. The number of alkyl halides is 3. The molecule has 0 saturated heterocycles. The average molecular weight is 873 g/mol. The molecule has 0 aromatic heterocycles. The van der Waals surface area contributed by atoms with Crippen LogP contribution in [0.25, 0.3) is 0 Å². The van der Waals surface area contributed by atoms with Crippen LogP contribution in [0.5, 0.6) is 0 Å². The summed E-state index contributed by atoms with van der Waals surface area (Å²) < 4.78 is 42.9. The fourth-order valence-corrected chi connectivity index (χ4v) is 7.03. The zero-order valence-corrected chi connectivity index (χ0v) is 37.0. The quantitative estimate of drug-likeness (QED) is 0.0290. The van der Waals surface area contributed by atoms with E-state index in [1.807, 2.05) is 0 Å². The van der Waals surface area contributed by atoms with E-state index in [4.69, 9.17) is 35.3 Å². The van der Waals surface area contributed by atoms with Gasteiger partial charge in [0.15, 0.2) is 0 Å². The van der Waals surface area contributed by atoms with Crippen LogP contribution in [0, 0.1) is 0 Å². The maximum absolute atomic E-state index is 12.7. The van der Waals surface area contributed by atoms with Gasteiger partial charge in [-0.25, -0.2) is 9.59 Å². The number of aliphatic carboxylic acids is 2. The predicted molar refractivity (Wildman–Crippen MR) is 227 cm³/mol. The third-order valence-electron chi connectivity index (χ3n) is 9.67. The van der Waals surface area contributed by atoms with Crippen LogP contribution in [0.3, 0.4) is 0 Å². The fourth-order valence-electron chi connectivity index (χ4n) is 6.06. The van der Waals surface area contributed by atoms with E-state index in [1.54, 1.807) is 0 Å². The van der Waals surface area contributed by atoms with Gasteiger partial charge in [-0.15, -0.1) is 0 Å². The number of nitrogens with two attached hydrogens (primary N) is 1. The van der Waals surface area contributed by atoms with Crippen LogP contribution in [-0.4, -0.2) is 94.2 Å². The summed E-state index contributed by atoms with van der Waals surface area (Å²) >= 11 is 1.26. The average Bonchev–Trinajstić information content (AvgIpc) is 3.19. The zero-order chi connectivity index (χ0) is 44.6. The second-order valence-corrected chi connectivity index (χ2v) is 16.4. The predicted octanol–water partition coefficient (Wildman–Crippen LogP) is 9.66. The summed E-state index contributed by atoms with van der Waals surface area (Å²) in [6.07, 6.45) is 26.7. The summed E-state index contributed by atoms with van der Waals surface area (Å²) in [6.45, 7) is 3.68. The molecule has 0 rings (SSSR count). The van der Waals surface area contributed by atoms with Crippen molar-refractivity contribution < 1.29 is 61.9 Å². The number of esters is 2. The number of aliphatic hydroxyl groups is 1. The molecule has 16 heteroatoms. The molecule has 3 atom stereocenters. The molecule has 0 aliphatic rings. The first kappa shape index (κ1) is 58.5. The third-order valence-corrected chi connectivity index (χ3v) is 10.9. The Morgan fingerprint density at radius 1 is 0.610 bits per heavy atom. The van der Waals surface area contributed by atoms with Crippen molar-refractivity contribution in [2.75, 3.05) is 24.7 Å². The van der Waals surface area contributed by atoms with Gasteiger partial charge in [-0.2, -0.15) is 24.9 Å². The Morgan fingerprint density at radius 3 is 1.31 bits per heavy atom. The van der Waals surface area contributed by atoms with Crippen molar-refractivity contribution in [2.24, 2.45) is 5.73 Å². The first-order valence-corrected chi connectivity index (χ1v) is 23.5. The summed E-state index contributed by atoms with van der Waals surface area (Å²) in [6, 6.07) is -2.46. The lowest BCUT2D eigenvalue weighted by Crippen LogP contribution is -2.50. The van der Waals surface area contributed by atoms with Crippen molar-refractivity contribution in [1.82, 2.24) is 5.32 Å². The number of carboxylic acids is 2. The van der Waals surface area contributed by atoms with E-state index < -0.39 is 48.8 Å². The van der Waals surface area contributed by atoms with E-state index in [9.17, 15) is 32.3 Å². The van der Waals surface area contributed by atoms with Crippen LogP contribution in [0.2, 0.25) is 0 Å². The smallest absolute Gasteiger partial charge is 0.480 e. The van der Waals surface area contributed by atoms with Crippen LogP contribution in [-0.2, 0) is 33.4 Å². The Hall–Kier alpha value is -2.59. The lowest BCUT2D eigenvalue weighted by atomic mass is 10.0. The van der Waals surface area contributed by atoms with Crippen LogP contribution >= 0.6 is 11.8 Å². The number of aliphatic hydroxyl groups excluding tert-OH is 1. The lowest BCUT2D eigenvalue weighted by Gasteiger charge is -2.19. The Labute approximate surface area is 356 Å². The minimum Gasteiger partial charge on any atom is -0.480 e. The van der Waals surface area contributed by atoms with Gasteiger partial charge in [0.1, 0.15) is 18.8 Å². The minimum atomic E-state index is -5.08. The number of hydrogen-bond acceptors (Lipinski definition) is 10. The zero-order valence-electron chi connectivity index (χ0n) is 36.2. The summed E-state index contributed by atoms with van der Waals surface area (Å²) in [5, 5.41) is 27.5. The normalized spacial score (nSPS) is 12.8. The first-order chi connectivity index (χ1) is 28.2. The number of amides is 1. The Bertz CT molecular complexity index is 1070. The van der Waals surface area contributed by atoms with E-state index in [1.165, 1.54) is 140 Å².